The summed E-state index contributed by atoms with van der Waals surface area (Å²) in [6.45, 7) is 4.42. The van der Waals surface area contributed by atoms with Gasteiger partial charge in [0, 0.05) is 25.2 Å². The third-order valence-corrected chi connectivity index (χ3v) is 5.53. The number of cyclic esters (lactones) is 1. The zero-order valence-corrected chi connectivity index (χ0v) is 15.9. The highest BCUT2D eigenvalue weighted by atomic mass is 19.1. The molecule has 2 saturated heterocycles. The second-order valence-electron chi connectivity index (χ2n) is 7.92. The molecule has 0 aliphatic carbocycles. The molecule has 4 rings (SSSR count). The standard InChI is InChI=1S/C20H23FN4O3/c1-20(2)16-11-13(7-9-24(16)19(27)28-20)12-18(26)22-17-8-10-25(23-17)15-6-4-3-5-14(15)21/h3-6,8,10,13,16H,7,9,11-12H2,1-2H3,(H,22,23,26). The van der Waals surface area contributed by atoms with Crippen LogP contribution in [0.2, 0.25) is 0 Å². The van der Waals surface area contributed by atoms with E-state index >= 15 is 0 Å². The number of halogens is 1. The lowest BCUT2D eigenvalue weighted by atomic mass is 9.82. The fraction of sp³-hybridized carbons (Fsp3) is 0.450. The molecule has 2 aliphatic rings. The molecule has 1 aromatic heterocycles. The van der Waals surface area contributed by atoms with Gasteiger partial charge in [-0.05, 0) is 44.7 Å². The summed E-state index contributed by atoms with van der Waals surface area (Å²) in [6, 6.07) is 7.95. The van der Waals surface area contributed by atoms with Crippen molar-refractivity contribution in [3.05, 3.63) is 42.3 Å². The number of para-hydroxylation sites is 1. The average Bonchev–Trinajstić information content (AvgIpc) is 3.17. The monoisotopic (exact) mass is 386 g/mol. The molecule has 1 aromatic carbocycles. The van der Waals surface area contributed by atoms with E-state index in [-0.39, 0.29) is 29.8 Å². The van der Waals surface area contributed by atoms with Crippen molar-refractivity contribution >= 4 is 17.8 Å². The van der Waals surface area contributed by atoms with Gasteiger partial charge in [0.15, 0.2) is 5.82 Å². The minimum Gasteiger partial charge on any atom is -0.441 e. The molecule has 2 unspecified atom stereocenters. The van der Waals surface area contributed by atoms with Gasteiger partial charge in [0.25, 0.3) is 0 Å². The lowest BCUT2D eigenvalue weighted by molar-refractivity contribution is -0.117. The topological polar surface area (TPSA) is 76.5 Å². The van der Waals surface area contributed by atoms with Crippen LogP contribution in [0.5, 0.6) is 0 Å². The number of fused-ring (bicyclic) bond motifs is 1. The lowest BCUT2D eigenvalue weighted by Crippen LogP contribution is -2.47. The SMILES string of the molecule is CC1(C)OC(=O)N2CCC(CC(=O)Nc3ccn(-c4ccccc4F)n3)CC21. The number of ether oxygens (including phenoxy) is 1. The first-order valence-corrected chi connectivity index (χ1v) is 9.43. The molecule has 2 amide bonds. The van der Waals surface area contributed by atoms with Gasteiger partial charge in [-0.15, -0.1) is 5.10 Å². The molecule has 3 heterocycles. The molecule has 0 bridgehead atoms. The van der Waals surface area contributed by atoms with Crippen LogP contribution in [0.25, 0.3) is 5.69 Å². The Morgan fingerprint density at radius 3 is 2.93 bits per heavy atom. The summed E-state index contributed by atoms with van der Waals surface area (Å²) in [4.78, 5) is 26.2. The summed E-state index contributed by atoms with van der Waals surface area (Å²) in [6.07, 6.45) is 3.18. The van der Waals surface area contributed by atoms with Gasteiger partial charge in [0.2, 0.25) is 5.91 Å². The van der Waals surface area contributed by atoms with Crippen LogP contribution in [0.3, 0.4) is 0 Å². The molecule has 2 fully saturated rings. The molecule has 28 heavy (non-hydrogen) atoms. The van der Waals surface area contributed by atoms with E-state index in [1.54, 1.807) is 35.4 Å². The van der Waals surface area contributed by atoms with Crippen LogP contribution in [0.15, 0.2) is 36.5 Å². The van der Waals surface area contributed by atoms with Crippen LogP contribution in [0, 0.1) is 11.7 Å². The van der Waals surface area contributed by atoms with Crippen molar-refractivity contribution in [1.82, 2.24) is 14.7 Å². The van der Waals surface area contributed by atoms with E-state index < -0.39 is 5.60 Å². The normalized spacial score (nSPS) is 23.2. The van der Waals surface area contributed by atoms with Gasteiger partial charge in [-0.1, -0.05) is 12.1 Å². The molecule has 2 atom stereocenters. The van der Waals surface area contributed by atoms with Gasteiger partial charge in [0.05, 0.1) is 6.04 Å². The highest BCUT2D eigenvalue weighted by Crippen LogP contribution is 2.38. The molecule has 2 aliphatic heterocycles. The van der Waals surface area contributed by atoms with Crippen LogP contribution in [0.1, 0.15) is 33.1 Å². The molecule has 1 N–H and O–H groups in total. The third kappa shape index (κ3) is 3.46. The van der Waals surface area contributed by atoms with Gasteiger partial charge in [-0.25, -0.2) is 13.9 Å². The van der Waals surface area contributed by atoms with E-state index in [0.29, 0.717) is 24.5 Å². The quantitative estimate of drug-likeness (QED) is 0.874. The first kappa shape index (κ1) is 18.5. The zero-order valence-electron chi connectivity index (χ0n) is 15.9. The molecular formula is C20H23FN4O3. The Kier molecular flexibility index (Phi) is 4.56. The van der Waals surface area contributed by atoms with Crippen molar-refractivity contribution in [2.24, 2.45) is 5.92 Å². The maximum Gasteiger partial charge on any atom is 0.410 e. The number of hydrogen-bond donors (Lipinski definition) is 1. The summed E-state index contributed by atoms with van der Waals surface area (Å²) in [5.74, 6) is 0.0283. The van der Waals surface area contributed by atoms with Crippen LogP contribution in [-0.4, -0.2) is 44.9 Å². The first-order chi connectivity index (χ1) is 13.3. The highest BCUT2D eigenvalue weighted by Gasteiger charge is 2.50. The Labute approximate surface area is 162 Å². The number of piperidine rings is 1. The molecule has 7 nitrogen and oxygen atoms in total. The number of aromatic nitrogens is 2. The molecule has 2 aromatic rings. The number of nitrogens with one attached hydrogen (secondary N) is 1. The van der Waals surface area contributed by atoms with Crippen molar-refractivity contribution in [3.63, 3.8) is 0 Å². The summed E-state index contributed by atoms with van der Waals surface area (Å²) in [5.41, 5.74) is -0.214. The second-order valence-corrected chi connectivity index (χ2v) is 7.92. The fourth-order valence-corrected chi connectivity index (χ4v) is 4.07. The summed E-state index contributed by atoms with van der Waals surface area (Å²) >= 11 is 0. The van der Waals surface area contributed by atoms with E-state index in [9.17, 15) is 14.0 Å². The summed E-state index contributed by atoms with van der Waals surface area (Å²) in [7, 11) is 0. The number of benzene rings is 1. The van der Waals surface area contributed by atoms with Gasteiger partial charge in [-0.3, -0.25) is 4.79 Å². The van der Waals surface area contributed by atoms with E-state index in [4.69, 9.17) is 4.74 Å². The van der Waals surface area contributed by atoms with E-state index in [2.05, 4.69) is 10.4 Å². The van der Waals surface area contributed by atoms with Gasteiger partial charge >= 0.3 is 6.09 Å². The first-order valence-electron chi connectivity index (χ1n) is 9.43. The number of anilines is 1. The van der Waals surface area contributed by atoms with Gasteiger partial charge in [0.1, 0.15) is 17.1 Å². The maximum atomic E-state index is 13.9. The van der Waals surface area contributed by atoms with Crippen molar-refractivity contribution in [2.45, 2.75) is 44.8 Å². The number of rotatable bonds is 4. The third-order valence-electron chi connectivity index (χ3n) is 5.53. The smallest absolute Gasteiger partial charge is 0.410 e. The average molecular weight is 386 g/mol. The minimum absolute atomic E-state index is 0.00758. The summed E-state index contributed by atoms with van der Waals surface area (Å²) < 4.78 is 20.7. The number of carbonyl (C=O) groups is 2. The Balaban J connectivity index is 1.37. The maximum absolute atomic E-state index is 13.9. The number of nitrogens with zero attached hydrogens (tertiary/aromatic N) is 3. The van der Waals surface area contributed by atoms with Crippen LogP contribution in [-0.2, 0) is 9.53 Å². The largest absolute Gasteiger partial charge is 0.441 e. The van der Waals surface area contributed by atoms with Gasteiger partial charge < -0.3 is 15.0 Å². The molecule has 0 spiro atoms. The molecule has 148 valence electrons. The van der Waals surface area contributed by atoms with Crippen molar-refractivity contribution < 1.29 is 18.7 Å². The zero-order chi connectivity index (χ0) is 19.9. The van der Waals surface area contributed by atoms with Crippen LogP contribution < -0.4 is 5.32 Å². The predicted molar refractivity (Wildman–Crippen MR) is 101 cm³/mol. The molecule has 8 heteroatoms. The van der Waals surface area contributed by atoms with Gasteiger partial charge in [-0.2, -0.15) is 0 Å². The second kappa shape index (κ2) is 6.92. The number of carbonyl (C=O) groups excluding carboxylic acids is 2. The van der Waals surface area contributed by atoms with Crippen molar-refractivity contribution in [2.75, 3.05) is 11.9 Å². The van der Waals surface area contributed by atoms with Crippen molar-refractivity contribution in [3.8, 4) is 5.69 Å². The van der Waals surface area contributed by atoms with E-state index in [1.165, 1.54) is 10.7 Å². The molecular weight excluding hydrogens is 363 g/mol. The van der Waals surface area contributed by atoms with E-state index in [1.807, 2.05) is 13.8 Å². The Bertz CT molecular complexity index is 910. The van der Waals surface area contributed by atoms with Crippen molar-refractivity contribution in [1.29, 1.82) is 0 Å². The van der Waals surface area contributed by atoms with Crippen LogP contribution in [0.4, 0.5) is 15.0 Å². The fourth-order valence-electron chi connectivity index (χ4n) is 4.07. The number of amides is 2. The molecule has 0 radical (unpaired) electrons. The lowest BCUT2D eigenvalue weighted by Gasteiger charge is -2.36. The predicted octanol–water partition coefficient (Wildman–Crippen LogP) is 3.35. The highest BCUT2D eigenvalue weighted by molar-refractivity contribution is 5.89. The Morgan fingerprint density at radius 1 is 1.36 bits per heavy atom. The Hall–Kier alpha value is -2.90. The Morgan fingerprint density at radius 2 is 2.14 bits per heavy atom. The number of hydrogen-bond acceptors (Lipinski definition) is 4. The van der Waals surface area contributed by atoms with Crippen LogP contribution >= 0.6 is 0 Å². The summed E-state index contributed by atoms with van der Waals surface area (Å²) in [5, 5.41) is 7.02. The molecule has 0 saturated carbocycles. The van der Waals surface area contributed by atoms with E-state index in [0.717, 1.165) is 12.8 Å². The minimum atomic E-state index is -0.537.